The molecule has 11 heteroatoms. The van der Waals surface area contributed by atoms with Gasteiger partial charge >= 0.3 is 0 Å². The van der Waals surface area contributed by atoms with E-state index in [1.54, 1.807) is 25.1 Å². The maximum absolute atomic E-state index is 13.3. The van der Waals surface area contributed by atoms with Gasteiger partial charge in [-0.15, -0.1) is 12.4 Å². The van der Waals surface area contributed by atoms with Gasteiger partial charge in [-0.2, -0.15) is 0 Å². The van der Waals surface area contributed by atoms with Gasteiger partial charge in [-0.1, -0.05) is 30.3 Å². The largest absolute Gasteiger partial charge is 0.502 e. The molecule has 0 aromatic heterocycles. The SMILES string of the molecule is CN(C)CCN1C(=O)C(O)=C(S(=O)(=O)c2ccccc2)C1c1cccc([N+](=O)[O-])c1.Cl. The summed E-state index contributed by atoms with van der Waals surface area (Å²) in [7, 11) is -0.660. The molecule has 0 saturated carbocycles. The van der Waals surface area contributed by atoms with Gasteiger partial charge in [0.05, 0.1) is 15.9 Å². The molecule has 0 radical (unpaired) electrons. The molecule has 1 atom stereocenters. The molecule has 1 aliphatic heterocycles. The topological polar surface area (TPSA) is 121 Å². The highest BCUT2D eigenvalue weighted by Gasteiger charge is 2.46. The molecule has 2 aromatic rings. The molecule has 0 spiro atoms. The summed E-state index contributed by atoms with van der Waals surface area (Å²) in [6, 6.07) is 11.7. The molecule has 0 saturated heterocycles. The van der Waals surface area contributed by atoms with Crippen molar-refractivity contribution in [3.63, 3.8) is 0 Å². The van der Waals surface area contributed by atoms with Crippen LogP contribution in [0, 0.1) is 10.1 Å². The number of hydrogen-bond donors (Lipinski definition) is 1. The van der Waals surface area contributed by atoms with E-state index in [0.29, 0.717) is 6.54 Å². The van der Waals surface area contributed by atoms with Gasteiger partial charge in [0.15, 0.2) is 5.76 Å². The van der Waals surface area contributed by atoms with Gasteiger partial charge in [0, 0.05) is 25.2 Å². The molecule has 1 aliphatic rings. The number of aliphatic hydroxyl groups is 1. The Bertz CT molecular complexity index is 1120. The second-order valence-corrected chi connectivity index (χ2v) is 9.00. The first-order valence-electron chi connectivity index (χ1n) is 9.08. The molecule has 1 unspecified atom stereocenters. The van der Waals surface area contributed by atoms with E-state index in [2.05, 4.69) is 0 Å². The summed E-state index contributed by atoms with van der Waals surface area (Å²) in [4.78, 5) is 25.9. The average molecular weight is 468 g/mol. The number of nitro groups is 1. The number of nitrogens with zero attached hydrogens (tertiary/aromatic N) is 3. The molecular weight excluding hydrogens is 446 g/mol. The van der Waals surface area contributed by atoms with E-state index in [1.807, 2.05) is 0 Å². The molecule has 1 N–H and O–H groups in total. The number of likely N-dealkylation sites (N-methyl/N-ethyl adjacent to an activating group) is 1. The quantitative estimate of drug-likeness (QED) is 0.490. The fourth-order valence-corrected chi connectivity index (χ4v) is 4.98. The third kappa shape index (κ3) is 4.71. The summed E-state index contributed by atoms with van der Waals surface area (Å²) in [5.41, 5.74) is -0.00906. The van der Waals surface area contributed by atoms with Crippen LogP contribution < -0.4 is 0 Å². The predicted molar refractivity (Wildman–Crippen MR) is 117 cm³/mol. The molecule has 0 bridgehead atoms. The van der Waals surface area contributed by atoms with E-state index in [4.69, 9.17) is 0 Å². The minimum absolute atomic E-state index is 0. The van der Waals surface area contributed by atoms with Gasteiger partial charge in [0.2, 0.25) is 9.84 Å². The highest BCUT2D eigenvalue weighted by molar-refractivity contribution is 7.95. The number of nitro benzene ring substituents is 1. The number of amides is 1. The molecule has 31 heavy (non-hydrogen) atoms. The van der Waals surface area contributed by atoms with Crippen molar-refractivity contribution in [3.05, 3.63) is 80.9 Å². The van der Waals surface area contributed by atoms with Crippen molar-refractivity contribution in [2.45, 2.75) is 10.9 Å². The highest BCUT2D eigenvalue weighted by Crippen LogP contribution is 2.42. The zero-order valence-electron chi connectivity index (χ0n) is 16.8. The lowest BCUT2D eigenvalue weighted by Crippen LogP contribution is -2.36. The zero-order chi connectivity index (χ0) is 22.1. The molecule has 2 aromatic carbocycles. The minimum atomic E-state index is -4.24. The number of carbonyl (C=O) groups is 1. The van der Waals surface area contributed by atoms with Crippen molar-refractivity contribution >= 4 is 33.8 Å². The van der Waals surface area contributed by atoms with Crippen LogP contribution in [0.3, 0.4) is 0 Å². The summed E-state index contributed by atoms with van der Waals surface area (Å²) in [6.07, 6.45) is 0. The summed E-state index contributed by atoms with van der Waals surface area (Å²) in [5, 5.41) is 21.8. The van der Waals surface area contributed by atoms with Gasteiger partial charge in [-0.25, -0.2) is 8.42 Å². The number of sulfone groups is 1. The lowest BCUT2D eigenvalue weighted by molar-refractivity contribution is -0.384. The molecular formula is C20H22ClN3O6S. The first-order chi connectivity index (χ1) is 14.1. The molecule has 0 fully saturated rings. The van der Waals surface area contributed by atoms with Crippen LogP contribution >= 0.6 is 12.4 Å². The Labute approximate surface area is 186 Å². The number of rotatable bonds is 7. The molecule has 1 heterocycles. The summed E-state index contributed by atoms with van der Waals surface area (Å²) >= 11 is 0. The van der Waals surface area contributed by atoms with Crippen molar-refractivity contribution < 1.29 is 23.2 Å². The van der Waals surface area contributed by atoms with Crippen molar-refractivity contribution in [1.29, 1.82) is 0 Å². The van der Waals surface area contributed by atoms with Gasteiger partial charge in [-0.05, 0) is 31.8 Å². The Morgan fingerprint density at radius 1 is 1.13 bits per heavy atom. The Hall–Kier alpha value is -2.95. The predicted octanol–water partition coefficient (Wildman–Crippen LogP) is 2.71. The monoisotopic (exact) mass is 467 g/mol. The van der Waals surface area contributed by atoms with Gasteiger partial charge in [-0.3, -0.25) is 14.9 Å². The number of non-ortho nitro benzene ring substituents is 1. The van der Waals surface area contributed by atoms with Gasteiger partial charge in [0.25, 0.3) is 11.6 Å². The van der Waals surface area contributed by atoms with Crippen LogP contribution in [0.25, 0.3) is 0 Å². The van der Waals surface area contributed by atoms with E-state index in [9.17, 15) is 28.4 Å². The van der Waals surface area contributed by atoms with E-state index in [1.165, 1.54) is 53.4 Å². The van der Waals surface area contributed by atoms with E-state index < -0.39 is 37.4 Å². The second kappa shape index (κ2) is 9.46. The van der Waals surface area contributed by atoms with Crippen molar-refractivity contribution in [1.82, 2.24) is 9.80 Å². The Kier molecular flexibility index (Phi) is 7.42. The summed E-state index contributed by atoms with van der Waals surface area (Å²) in [5.74, 6) is -1.70. The Morgan fingerprint density at radius 3 is 2.35 bits per heavy atom. The first kappa shape index (κ1) is 24.3. The van der Waals surface area contributed by atoms with Crippen LogP contribution in [0.1, 0.15) is 11.6 Å². The summed E-state index contributed by atoms with van der Waals surface area (Å²) < 4.78 is 26.7. The fourth-order valence-electron chi connectivity index (χ4n) is 3.31. The second-order valence-electron chi connectivity index (χ2n) is 7.09. The lowest BCUT2D eigenvalue weighted by Gasteiger charge is -2.28. The first-order valence-corrected chi connectivity index (χ1v) is 10.6. The number of halogens is 1. The Morgan fingerprint density at radius 2 is 1.77 bits per heavy atom. The van der Waals surface area contributed by atoms with Crippen LogP contribution in [-0.4, -0.2) is 61.3 Å². The maximum atomic E-state index is 13.3. The standard InChI is InChI=1S/C20H21N3O6S.ClH/c1-21(2)11-12-22-17(14-7-6-8-15(13-14)23(26)27)19(18(24)20(22)25)30(28,29)16-9-4-3-5-10-16;/h3-10,13,17,24H,11-12H2,1-2H3;1H. The van der Waals surface area contributed by atoms with Crippen LogP contribution in [0.2, 0.25) is 0 Å². The highest BCUT2D eigenvalue weighted by atomic mass is 35.5. The maximum Gasteiger partial charge on any atom is 0.290 e. The average Bonchev–Trinajstić information content (AvgIpc) is 2.98. The van der Waals surface area contributed by atoms with Crippen LogP contribution in [0.5, 0.6) is 0 Å². The van der Waals surface area contributed by atoms with E-state index >= 15 is 0 Å². The number of hydrogen-bond acceptors (Lipinski definition) is 7. The smallest absolute Gasteiger partial charge is 0.290 e. The van der Waals surface area contributed by atoms with E-state index in [0.717, 1.165) is 0 Å². The number of carbonyl (C=O) groups excluding carboxylic acids is 1. The molecule has 166 valence electrons. The van der Waals surface area contributed by atoms with Crippen LogP contribution in [0.15, 0.2) is 70.2 Å². The minimum Gasteiger partial charge on any atom is -0.502 e. The van der Waals surface area contributed by atoms with Gasteiger partial charge < -0.3 is 14.9 Å². The third-order valence-corrected chi connectivity index (χ3v) is 6.67. The number of aliphatic hydroxyl groups excluding tert-OH is 1. The van der Waals surface area contributed by atoms with E-state index in [-0.39, 0.29) is 35.1 Å². The normalized spacial score (nSPS) is 16.5. The van der Waals surface area contributed by atoms with Crippen LogP contribution in [-0.2, 0) is 14.6 Å². The van der Waals surface area contributed by atoms with Crippen molar-refractivity contribution in [3.8, 4) is 0 Å². The number of benzene rings is 2. The lowest BCUT2D eigenvalue weighted by atomic mass is 10.1. The van der Waals surface area contributed by atoms with Crippen molar-refractivity contribution in [2.24, 2.45) is 0 Å². The molecule has 9 nitrogen and oxygen atoms in total. The zero-order valence-corrected chi connectivity index (χ0v) is 18.5. The van der Waals surface area contributed by atoms with Crippen molar-refractivity contribution in [2.75, 3.05) is 27.2 Å². The Balaban J connectivity index is 0.00000341. The fraction of sp³-hybridized carbons (Fsp3) is 0.250. The molecule has 0 aliphatic carbocycles. The molecule has 1 amide bonds. The third-order valence-electron chi connectivity index (χ3n) is 4.78. The molecule has 3 rings (SSSR count). The summed E-state index contributed by atoms with van der Waals surface area (Å²) in [6.45, 7) is 0.528. The van der Waals surface area contributed by atoms with Crippen LogP contribution in [0.4, 0.5) is 5.69 Å². The van der Waals surface area contributed by atoms with Gasteiger partial charge in [0.1, 0.15) is 4.91 Å².